The maximum absolute atomic E-state index is 9.66. The molecule has 3 aromatic rings. The Bertz CT molecular complexity index is 788. The number of hydrogen-bond acceptors (Lipinski definition) is 2. The number of halogens is 2. The highest BCUT2D eigenvalue weighted by atomic mass is 79.9. The molecule has 0 aliphatic carbocycles. The van der Waals surface area contributed by atoms with Crippen molar-refractivity contribution in [3.05, 3.63) is 87.3 Å². The van der Waals surface area contributed by atoms with Gasteiger partial charge in [-0.15, -0.1) is 0 Å². The highest BCUT2D eigenvalue weighted by Crippen LogP contribution is 2.36. The summed E-state index contributed by atoms with van der Waals surface area (Å²) in [5.74, 6) is 0.246. The summed E-state index contributed by atoms with van der Waals surface area (Å²) in [6.45, 7) is 0.742. The minimum Gasteiger partial charge on any atom is -0.508 e. The van der Waals surface area contributed by atoms with Gasteiger partial charge in [0.25, 0.3) is 0 Å². The zero-order chi connectivity index (χ0) is 16.2. The van der Waals surface area contributed by atoms with E-state index in [0.717, 1.165) is 26.9 Å². The summed E-state index contributed by atoms with van der Waals surface area (Å²) in [5.41, 5.74) is 3.31. The molecule has 0 unspecified atom stereocenters. The molecule has 0 aromatic heterocycles. The van der Waals surface area contributed by atoms with E-state index in [2.05, 4.69) is 61.0 Å². The Balaban J connectivity index is 2.03. The molecule has 23 heavy (non-hydrogen) atoms. The third kappa shape index (κ3) is 3.95. The fourth-order valence-corrected chi connectivity index (χ4v) is 3.26. The van der Waals surface area contributed by atoms with E-state index in [-0.39, 0.29) is 5.75 Å². The fourth-order valence-electron chi connectivity index (χ4n) is 2.42. The Morgan fingerprint density at radius 2 is 1.52 bits per heavy atom. The summed E-state index contributed by atoms with van der Waals surface area (Å²) < 4.78 is 1.90. The lowest BCUT2D eigenvalue weighted by molar-refractivity contribution is 0.475. The van der Waals surface area contributed by atoms with Crippen LogP contribution in [0.3, 0.4) is 0 Å². The van der Waals surface area contributed by atoms with Crippen LogP contribution >= 0.6 is 31.9 Å². The van der Waals surface area contributed by atoms with E-state index in [9.17, 15) is 5.11 Å². The number of phenols is 1. The van der Waals surface area contributed by atoms with Gasteiger partial charge in [0, 0.05) is 21.2 Å². The molecule has 0 aliphatic heterocycles. The molecule has 0 saturated carbocycles. The molecule has 0 fully saturated rings. The Morgan fingerprint density at radius 3 is 2.17 bits per heavy atom. The normalized spacial score (nSPS) is 10.5. The Morgan fingerprint density at radius 1 is 0.826 bits per heavy atom. The standard InChI is InChI=1S/C19H15Br2NO/c20-15-6-8-16(9-7-15)22(13-14-4-2-1-3-5-14)19-11-10-17(23)12-18(19)21/h1-12,23H,13H2. The molecule has 0 saturated heterocycles. The first kappa shape index (κ1) is 16.1. The number of benzene rings is 3. The van der Waals surface area contributed by atoms with E-state index < -0.39 is 0 Å². The number of phenolic OH excluding ortho intramolecular Hbond substituents is 1. The maximum atomic E-state index is 9.66. The van der Waals surface area contributed by atoms with Crippen molar-refractivity contribution in [2.45, 2.75) is 6.54 Å². The van der Waals surface area contributed by atoms with Gasteiger partial charge in [-0.25, -0.2) is 0 Å². The van der Waals surface area contributed by atoms with Gasteiger partial charge in [0.1, 0.15) is 5.75 Å². The van der Waals surface area contributed by atoms with Gasteiger partial charge in [-0.3, -0.25) is 0 Å². The second-order valence-corrected chi connectivity index (χ2v) is 6.95. The predicted octanol–water partition coefficient (Wildman–Crippen LogP) is 6.26. The van der Waals surface area contributed by atoms with Crippen LogP contribution in [0.2, 0.25) is 0 Å². The molecule has 116 valence electrons. The Hall–Kier alpha value is -1.78. The van der Waals surface area contributed by atoms with E-state index in [1.54, 1.807) is 12.1 Å². The van der Waals surface area contributed by atoms with Gasteiger partial charge in [-0.05, 0) is 64.0 Å². The largest absolute Gasteiger partial charge is 0.508 e. The van der Waals surface area contributed by atoms with E-state index in [1.165, 1.54) is 5.56 Å². The number of rotatable bonds is 4. The van der Waals surface area contributed by atoms with Crippen molar-refractivity contribution in [3.63, 3.8) is 0 Å². The summed E-state index contributed by atoms with van der Waals surface area (Å²) in [5, 5.41) is 9.66. The molecule has 2 nitrogen and oxygen atoms in total. The lowest BCUT2D eigenvalue weighted by Gasteiger charge is -2.26. The third-order valence-electron chi connectivity index (χ3n) is 3.54. The van der Waals surface area contributed by atoms with Crippen LogP contribution in [-0.4, -0.2) is 5.11 Å². The van der Waals surface area contributed by atoms with Gasteiger partial charge in [0.2, 0.25) is 0 Å². The zero-order valence-corrected chi connectivity index (χ0v) is 15.5. The summed E-state index contributed by atoms with van der Waals surface area (Å²) >= 11 is 7.04. The average Bonchev–Trinajstić information content (AvgIpc) is 2.55. The summed E-state index contributed by atoms with van der Waals surface area (Å²) in [6, 6.07) is 23.9. The minimum absolute atomic E-state index is 0.246. The van der Waals surface area contributed by atoms with Crippen LogP contribution in [0.5, 0.6) is 5.75 Å². The van der Waals surface area contributed by atoms with Gasteiger partial charge in [0.05, 0.1) is 5.69 Å². The first-order valence-corrected chi connectivity index (χ1v) is 8.77. The second-order valence-electron chi connectivity index (χ2n) is 5.18. The van der Waals surface area contributed by atoms with E-state index in [4.69, 9.17) is 0 Å². The SMILES string of the molecule is Oc1ccc(N(Cc2ccccc2)c2ccc(Br)cc2)c(Br)c1. The minimum atomic E-state index is 0.246. The quantitative estimate of drug-likeness (QED) is 0.526. The van der Waals surface area contributed by atoms with Crippen LogP contribution in [0.1, 0.15) is 5.56 Å². The fraction of sp³-hybridized carbons (Fsp3) is 0.0526. The monoisotopic (exact) mass is 431 g/mol. The highest BCUT2D eigenvalue weighted by molar-refractivity contribution is 9.10. The van der Waals surface area contributed by atoms with E-state index in [1.807, 2.05) is 36.4 Å². The number of anilines is 2. The van der Waals surface area contributed by atoms with Crippen molar-refractivity contribution < 1.29 is 5.11 Å². The third-order valence-corrected chi connectivity index (χ3v) is 4.71. The molecule has 0 spiro atoms. The highest BCUT2D eigenvalue weighted by Gasteiger charge is 2.13. The van der Waals surface area contributed by atoms with Gasteiger partial charge < -0.3 is 10.0 Å². The summed E-state index contributed by atoms with van der Waals surface area (Å²) in [7, 11) is 0. The van der Waals surface area contributed by atoms with Crippen LogP contribution < -0.4 is 4.90 Å². The van der Waals surface area contributed by atoms with Crippen LogP contribution in [0.15, 0.2) is 81.7 Å². The van der Waals surface area contributed by atoms with Crippen molar-refractivity contribution in [1.82, 2.24) is 0 Å². The summed E-state index contributed by atoms with van der Waals surface area (Å²) in [4.78, 5) is 2.21. The lowest BCUT2D eigenvalue weighted by Crippen LogP contribution is -2.16. The molecule has 0 heterocycles. The number of nitrogens with zero attached hydrogens (tertiary/aromatic N) is 1. The van der Waals surface area contributed by atoms with E-state index >= 15 is 0 Å². The van der Waals surface area contributed by atoms with Crippen LogP contribution in [0.25, 0.3) is 0 Å². The van der Waals surface area contributed by atoms with Crippen LogP contribution in [0.4, 0.5) is 11.4 Å². The Kier molecular flexibility index (Phi) is 5.03. The number of hydrogen-bond donors (Lipinski definition) is 1. The smallest absolute Gasteiger partial charge is 0.116 e. The molecule has 3 rings (SSSR count). The van der Waals surface area contributed by atoms with Gasteiger partial charge >= 0.3 is 0 Å². The Labute approximate surface area is 152 Å². The molecule has 0 atom stereocenters. The van der Waals surface area contributed by atoms with Crippen molar-refractivity contribution in [2.24, 2.45) is 0 Å². The molecule has 4 heteroatoms. The molecule has 0 radical (unpaired) electrons. The molecular formula is C19H15Br2NO. The number of aromatic hydroxyl groups is 1. The topological polar surface area (TPSA) is 23.5 Å². The van der Waals surface area contributed by atoms with Crippen molar-refractivity contribution in [3.8, 4) is 5.75 Å². The first-order valence-electron chi connectivity index (χ1n) is 7.19. The van der Waals surface area contributed by atoms with Crippen molar-refractivity contribution in [2.75, 3.05) is 4.90 Å². The first-order chi connectivity index (χ1) is 11.1. The van der Waals surface area contributed by atoms with Gasteiger partial charge in [-0.2, -0.15) is 0 Å². The van der Waals surface area contributed by atoms with Gasteiger partial charge in [-0.1, -0.05) is 46.3 Å². The van der Waals surface area contributed by atoms with Crippen LogP contribution in [0, 0.1) is 0 Å². The van der Waals surface area contributed by atoms with Crippen molar-refractivity contribution in [1.29, 1.82) is 0 Å². The summed E-state index contributed by atoms with van der Waals surface area (Å²) in [6.07, 6.45) is 0. The zero-order valence-electron chi connectivity index (χ0n) is 12.3. The maximum Gasteiger partial charge on any atom is 0.116 e. The van der Waals surface area contributed by atoms with Crippen LogP contribution in [-0.2, 0) is 6.54 Å². The molecule has 0 aliphatic rings. The average molecular weight is 433 g/mol. The molecule has 0 amide bonds. The molecular weight excluding hydrogens is 418 g/mol. The lowest BCUT2D eigenvalue weighted by atomic mass is 10.1. The van der Waals surface area contributed by atoms with Crippen molar-refractivity contribution >= 4 is 43.2 Å². The second kappa shape index (κ2) is 7.20. The van der Waals surface area contributed by atoms with E-state index in [0.29, 0.717) is 0 Å². The predicted molar refractivity (Wildman–Crippen MR) is 102 cm³/mol. The molecule has 3 aromatic carbocycles. The molecule has 1 N–H and O–H groups in total. The molecule has 0 bridgehead atoms. The van der Waals surface area contributed by atoms with Gasteiger partial charge in [0.15, 0.2) is 0 Å².